The Kier molecular flexibility index (Phi) is 36.0. The molecule has 1 unspecified atom stereocenters. The van der Waals surface area contributed by atoms with Gasteiger partial charge in [-0.2, -0.15) is 0 Å². The fourth-order valence-corrected chi connectivity index (χ4v) is 6.37. The Hall–Kier alpha value is -1.59. The molecule has 2 atom stereocenters. The fourth-order valence-electron chi connectivity index (χ4n) is 6.37. The molecule has 6 nitrogen and oxygen atoms in total. The molecular formula is C44H84O6. The molecule has 0 aliphatic rings. The minimum atomic E-state index is -0.760. The number of ether oxygens (including phenoxy) is 3. The maximum absolute atomic E-state index is 12.7. The topological polar surface area (TPSA) is 78.9 Å². The van der Waals surface area contributed by atoms with Gasteiger partial charge in [-0.15, -0.1) is 0 Å². The number of esters is 3. The van der Waals surface area contributed by atoms with Crippen LogP contribution in [-0.2, 0) is 28.6 Å². The molecule has 0 saturated heterocycles. The van der Waals surface area contributed by atoms with Gasteiger partial charge in [0.25, 0.3) is 0 Å². The summed E-state index contributed by atoms with van der Waals surface area (Å²) in [7, 11) is 0. The van der Waals surface area contributed by atoms with Crippen LogP contribution in [0, 0.1) is 11.8 Å². The lowest BCUT2D eigenvalue weighted by molar-refractivity contribution is -0.167. The average molecular weight is 709 g/mol. The molecule has 0 N–H and O–H groups in total. The molecule has 0 aromatic rings. The summed E-state index contributed by atoms with van der Waals surface area (Å²) in [6.45, 7) is 11.3. The zero-order valence-corrected chi connectivity index (χ0v) is 34.0. The van der Waals surface area contributed by atoms with Crippen molar-refractivity contribution in [1.29, 1.82) is 0 Å². The van der Waals surface area contributed by atoms with Gasteiger partial charge in [-0.25, -0.2) is 0 Å². The molecule has 6 heteroatoms. The Bertz CT molecular complexity index is 766. The van der Waals surface area contributed by atoms with Gasteiger partial charge < -0.3 is 14.2 Å². The summed E-state index contributed by atoms with van der Waals surface area (Å²) < 4.78 is 16.7. The van der Waals surface area contributed by atoms with Gasteiger partial charge in [-0.1, -0.05) is 195 Å². The lowest BCUT2D eigenvalue weighted by Crippen LogP contribution is -2.30. The lowest BCUT2D eigenvalue weighted by atomic mass is 9.99. The van der Waals surface area contributed by atoms with Gasteiger partial charge in [-0.3, -0.25) is 14.4 Å². The summed E-state index contributed by atoms with van der Waals surface area (Å²) >= 11 is 0. The van der Waals surface area contributed by atoms with Crippen LogP contribution in [0.4, 0.5) is 0 Å². The van der Waals surface area contributed by atoms with Gasteiger partial charge in [0.15, 0.2) is 6.10 Å². The highest BCUT2D eigenvalue weighted by molar-refractivity contribution is 5.71. The fraction of sp³-hybridized carbons (Fsp3) is 0.932. The summed E-state index contributed by atoms with van der Waals surface area (Å²) in [5.41, 5.74) is 0. The lowest BCUT2D eigenvalue weighted by Gasteiger charge is -2.18. The van der Waals surface area contributed by atoms with Crippen LogP contribution >= 0.6 is 0 Å². The maximum atomic E-state index is 12.7. The molecule has 0 spiro atoms. The summed E-state index contributed by atoms with van der Waals surface area (Å²) in [4.78, 5) is 37.6. The quantitative estimate of drug-likeness (QED) is 0.0361. The van der Waals surface area contributed by atoms with Crippen molar-refractivity contribution in [3.8, 4) is 0 Å². The van der Waals surface area contributed by atoms with E-state index in [1.807, 2.05) is 0 Å². The molecule has 0 bridgehead atoms. The maximum Gasteiger partial charge on any atom is 0.306 e. The van der Waals surface area contributed by atoms with Crippen molar-refractivity contribution >= 4 is 17.9 Å². The van der Waals surface area contributed by atoms with E-state index in [0.717, 1.165) is 69.6 Å². The van der Waals surface area contributed by atoms with Crippen LogP contribution in [0.3, 0.4) is 0 Å². The molecule has 296 valence electrons. The molecule has 0 fully saturated rings. The van der Waals surface area contributed by atoms with Crippen LogP contribution in [0.15, 0.2) is 0 Å². The van der Waals surface area contributed by atoms with Crippen molar-refractivity contribution in [1.82, 2.24) is 0 Å². The molecule has 0 amide bonds. The second-order valence-corrected chi connectivity index (χ2v) is 15.7. The first-order valence-electron chi connectivity index (χ1n) is 21.8. The Morgan fingerprint density at radius 2 is 0.760 bits per heavy atom. The predicted molar refractivity (Wildman–Crippen MR) is 210 cm³/mol. The minimum absolute atomic E-state index is 0.0662. The SMILES string of the molecule is CCCCCCCCCCCCCC(=O)OC[C@H](COC(=O)CCCCCCCCC(C)C)OC(=O)CCCCCCCCCCC(C)CC. The van der Waals surface area contributed by atoms with Crippen LogP contribution in [0.25, 0.3) is 0 Å². The average Bonchev–Trinajstić information content (AvgIpc) is 3.09. The number of carbonyl (C=O) groups excluding carboxylic acids is 3. The molecule has 0 saturated carbocycles. The van der Waals surface area contributed by atoms with E-state index in [-0.39, 0.29) is 31.1 Å². The third-order valence-electron chi connectivity index (χ3n) is 10.1. The molecule has 0 heterocycles. The first-order valence-corrected chi connectivity index (χ1v) is 21.8. The monoisotopic (exact) mass is 709 g/mol. The summed E-state index contributed by atoms with van der Waals surface area (Å²) in [6, 6.07) is 0. The summed E-state index contributed by atoms with van der Waals surface area (Å²) in [6.07, 6.45) is 33.8. The van der Waals surface area contributed by atoms with Crippen molar-refractivity contribution in [2.24, 2.45) is 11.8 Å². The highest BCUT2D eigenvalue weighted by Crippen LogP contribution is 2.17. The van der Waals surface area contributed by atoms with Gasteiger partial charge >= 0.3 is 17.9 Å². The van der Waals surface area contributed by atoms with Crippen LogP contribution in [0.5, 0.6) is 0 Å². The second kappa shape index (κ2) is 37.2. The van der Waals surface area contributed by atoms with Gasteiger partial charge in [0, 0.05) is 19.3 Å². The largest absolute Gasteiger partial charge is 0.462 e. The van der Waals surface area contributed by atoms with Gasteiger partial charge in [0.05, 0.1) is 0 Å². The van der Waals surface area contributed by atoms with E-state index in [2.05, 4.69) is 34.6 Å². The molecule has 0 rings (SSSR count). The number of rotatable bonds is 38. The normalized spacial score (nSPS) is 12.6. The predicted octanol–water partition coefficient (Wildman–Crippen LogP) is 13.4. The van der Waals surface area contributed by atoms with Crippen LogP contribution in [0.2, 0.25) is 0 Å². The van der Waals surface area contributed by atoms with Crippen LogP contribution < -0.4 is 0 Å². The zero-order valence-electron chi connectivity index (χ0n) is 34.0. The summed E-state index contributed by atoms with van der Waals surface area (Å²) in [5, 5.41) is 0. The number of hydrogen-bond acceptors (Lipinski definition) is 6. The number of hydrogen-bond donors (Lipinski definition) is 0. The first-order chi connectivity index (χ1) is 24.3. The molecule has 0 radical (unpaired) electrons. The highest BCUT2D eigenvalue weighted by Gasteiger charge is 2.19. The molecule has 0 aliphatic carbocycles. The van der Waals surface area contributed by atoms with Crippen molar-refractivity contribution in [3.63, 3.8) is 0 Å². The standard InChI is InChI=1S/C44H84O6/c1-6-8-9-10-11-12-13-14-18-24-29-34-42(45)48-37-41(38-49-43(46)35-30-25-21-20-22-27-32-39(3)4)50-44(47)36-31-26-19-16-15-17-23-28-33-40(5)7-2/h39-41H,6-38H2,1-5H3/t40?,41-/m1/s1. The van der Waals surface area contributed by atoms with Crippen molar-refractivity contribution in [3.05, 3.63) is 0 Å². The van der Waals surface area contributed by atoms with Crippen molar-refractivity contribution < 1.29 is 28.6 Å². The van der Waals surface area contributed by atoms with E-state index in [0.29, 0.717) is 19.3 Å². The molecular weight excluding hydrogens is 624 g/mol. The van der Waals surface area contributed by atoms with Crippen molar-refractivity contribution in [2.75, 3.05) is 13.2 Å². The van der Waals surface area contributed by atoms with Crippen LogP contribution in [0.1, 0.15) is 234 Å². The third-order valence-corrected chi connectivity index (χ3v) is 10.1. The molecule has 0 aromatic heterocycles. The van der Waals surface area contributed by atoms with E-state index in [1.165, 1.54) is 122 Å². The Morgan fingerprint density at radius 1 is 0.420 bits per heavy atom. The third kappa shape index (κ3) is 36.2. The van der Waals surface area contributed by atoms with Gasteiger partial charge in [0.1, 0.15) is 13.2 Å². The highest BCUT2D eigenvalue weighted by atomic mass is 16.6. The molecule has 50 heavy (non-hydrogen) atoms. The van der Waals surface area contributed by atoms with E-state index in [1.54, 1.807) is 0 Å². The number of unbranched alkanes of at least 4 members (excludes halogenated alkanes) is 22. The Labute approximate surface area is 310 Å². The smallest absolute Gasteiger partial charge is 0.306 e. The van der Waals surface area contributed by atoms with Crippen LogP contribution in [-0.4, -0.2) is 37.2 Å². The minimum Gasteiger partial charge on any atom is -0.462 e. The van der Waals surface area contributed by atoms with E-state index in [9.17, 15) is 14.4 Å². The molecule has 0 aromatic carbocycles. The Morgan fingerprint density at radius 3 is 1.14 bits per heavy atom. The van der Waals surface area contributed by atoms with Gasteiger partial charge in [-0.05, 0) is 31.1 Å². The summed E-state index contributed by atoms with van der Waals surface area (Å²) in [5.74, 6) is 0.741. The number of carbonyl (C=O) groups is 3. The zero-order chi connectivity index (χ0) is 36.9. The van der Waals surface area contributed by atoms with Gasteiger partial charge in [0.2, 0.25) is 0 Å². The second-order valence-electron chi connectivity index (χ2n) is 15.7. The van der Waals surface area contributed by atoms with E-state index >= 15 is 0 Å². The van der Waals surface area contributed by atoms with E-state index < -0.39 is 6.10 Å². The van der Waals surface area contributed by atoms with Crippen molar-refractivity contribution in [2.45, 2.75) is 240 Å². The first kappa shape index (κ1) is 48.4. The molecule has 0 aliphatic heterocycles. The van der Waals surface area contributed by atoms with E-state index in [4.69, 9.17) is 14.2 Å². The Balaban J connectivity index is 4.36.